The van der Waals surface area contributed by atoms with E-state index < -0.39 is 124 Å². The van der Waals surface area contributed by atoms with Crippen molar-refractivity contribution in [3.05, 3.63) is 120 Å². The minimum Gasteiger partial charge on any atom is -0.463 e. The molecule has 396 valence electrons. The molecule has 0 saturated carbocycles. The highest BCUT2D eigenvalue weighted by molar-refractivity contribution is 8.08. The molecule has 12 atom stereocenters. The smallest absolute Gasteiger partial charge is 0.463 e. The fraction of sp³-hybridized carbons (Fsp3) is 0.426. The number of halogens is 1. The third kappa shape index (κ3) is 12.2. The van der Waals surface area contributed by atoms with E-state index in [1.807, 2.05) is 91.0 Å². The Hall–Kier alpha value is -5.66. The summed E-state index contributed by atoms with van der Waals surface area (Å²) in [6.45, 7) is 0.532. The Balaban J connectivity index is 1.03. The van der Waals surface area contributed by atoms with E-state index in [1.54, 1.807) is 20.0 Å². The van der Waals surface area contributed by atoms with E-state index in [0.717, 1.165) is 44.4 Å². The number of alkyl halides is 1. The van der Waals surface area contributed by atoms with Crippen LogP contribution in [0.1, 0.15) is 64.5 Å². The number of benzene rings is 3. The van der Waals surface area contributed by atoms with Gasteiger partial charge in [-0.1, -0.05) is 91.0 Å². The number of carbonyl (C=O) groups excluding carboxylic acids is 4. The topological polar surface area (TPSA) is 283 Å². The molecule has 0 radical (unpaired) electrons. The second-order valence-corrected chi connectivity index (χ2v) is 22.0. The maximum atomic E-state index is 15.8. The lowest BCUT2D eigenvalue weighted by Crippen LogP contribution is -2.64. The summed E-state index contributed by atoms with van der Waals surface area (Å²) in [4.78, 5) is 80.0. The molecule has 3 saturated heterocycles. The molecule has 0 amide bonds. The summed E-state index contributed by atoms with van der Waals surface area (Å²) in [5.74, 6) is -4.87. The molecule has 23 nitrogen and oxygen atoms in total. The van der Waals surface area contributed by atoms with Crippen molar-refractivity contribution < 1.29 is 89.2 Å². The fourth-order valence-corrected chi connectivity index (χ4v) is 12.1. The number of esters is 4. The molecule has 3 aliphatic rings. The van der Waals surface area contributed by atoms with Gasteiger partial charge in [-0.15, -0.1) is 0 Å². The van der Waals surface area contributed by atoms with Crippen LogP contribution < -0.4 is 5.32 Å². The molecule has 3 aliphatic heterocycles. The van der Waals surface area contributed by atoms with Crippen LogP contribution in [0.25, 0.3) is 11.0 Å². The standard InChI is InChI=1S/C47H52FN5O18P2S/c1-26(54)61-23-34(48)36-38(63-27(2)55)39(64-28(3)56)41(65-29(4)57)45(67-36)70-72(58,59)71-73(60,74)62-24-35-37-40(69-46(5,6)68-37)44(66-35)53-43-33(22-51-53)42(49-25-50-43)52-47(30-16-10-7-11-17-30,31-18-12-8-13-19-31)32-20-14-9-15-21-32/h7-22,25,34-41,44-45H,23-24H2,1-6H3,(H,58,59)(H,60,74)(H,49,50,52)/t34-,35+,36+,37+,38+,39-,40+,41-,44+,45-,73?/m0/s1. The molecule has 5 aromatic rings. The zero-order valence-electron chi connectivity index (χ0n) is 40.4. The van der Waals surface area contributed by atoms with Crippen LogP contribution in [0, 0.1) is 0 Å². The van der Waals surface area contributed by atoms with Gasteiger partial charge in [0.05, 0.1) is 18.2 Å². The summed E-state index contributed by atoms with van der Waals surface area (Å²) in [6, 6.07) is 29.7. The van der Waals surface area contributed by atoms with Crippen LogP contribution in [0.4, 0.5) is 10.2 Å². The highest BCUT2D eigenvalue weighted by Crippen LogP contribution is 2.62. The number of anilines is 1. The Kier molecular flexibility index (Phi) is 16.4. The van der Waals surface area contributed by atoms with Crippen molar-refractivity contribution in [2.75, 3.05) is 18.5 Å². The SMILES string of the molecule is CC(=O)OC[C@H](F)[C@H]1O[C@@H](OP(=O)(O)OP(O)(=S)OC[C@H]2O[C@@H](n3ncc4c(NC(c5ccccc5)(c5ccccc5)c5ccccc5)ncnc43)[C@@H]3OC(C)(C)O[C@@H]32)[C@@H](OC(C)=O)[C@@H](OC(C)=O)[C@@H]1OC(C)=O. The summed E-state index contributed by atoms with van der Waals surface area (Å²) in [5.41, 5.74) is 2.13. The molecule has 2 unspecified atom stereocenters. The molecule has 74 heavy (non-hydrogen) atoms. The number of hydrogen-bond donors (Lipinski definition) is 3. The van der Waals surface area contributed by atoms with Crippen molar-refractivity contribution in [3.63, 3.8) is 0 Å². The lowest BCUT2D eigenvalue weighted by atomic mass is 9.77. The molecule has 27 heteroatoms. The highest BCUT2D eigenvalue weighted by atomic mass is 32.5. The van der Waals surface area contributed by atoms with Crippen molar-refractivity contribution in [2.24, 2.45) is 0 Å². The summed E-state index contributed by atoms with van der Waals surface area (Å²) >= 11 is 5.14. The Bertz CT molecular complexity index is 2830. The molecule has 0 bridgehead atoms. The maximum absolute atomic E-state index is 15.8. The van der Waals surface area contributed by atoms with Crippen molar-refractivity contribution in [2.45, 2.75) is 114 Å². The van der Waals surface area contributed by atoms with Gasteiger partial charge in [0.25, 0.3) is 0 Å². The van der Waals surface area contributed by atoms with Gasteiger partial charge in [-0.3, -0.25) is 23.7 Å². The van der Waals surface area contributed by atoms with Gasteiger partial charge in [-0.25, -0.2) is 27.9 Å². The second-order valence-electron chi connectivity index (χ2n) is 17.6. The monoisotopic (exact) mass is 1090 g/mol. The number of carbonyl (C=O) groups is 4. The quantitative estimate of drug-likeness (QED) is 0.0402. The normalized spacial score (nSPS) is 26.4. The first-order valence-electron chi connectivity index (χ1n) is 22.8. The molecule has 3 fully saturated rings. The predicted molar refractivity (Wildman–Crippen MR) is 257 cm³/mol. The van der Waals surface area contributed by atoms with Gasteiger partial charge >= 0.3 is 38.4 Å². The van der Waals surface area contributed by atoms with Crippen molar-refractivity contribution in [1.29, 1.82) is 0 Å². The third-order valence-electron chi connectivity index (χ3n) is 11.8. The van der Waals surface area contributed by atoms with Crippen molar-refractivity contribution >= 4 is 67.1 Å². The van der Waals surface area contributed by atoms with Crippen LogP contribution in [-0.2, 0) is 92.3 Å². The van der Waals surface area contributed by atoms with Crippen LogP contribution in [0.2, 0.25) is 0 Å². The summed E-state index contributed by atoms with van der Waals surface area (Å²) in [7, 11) is -5.75. The molecule has 3 aromatic carbocycles. The van der Waals surface area contributed by atoms with E-state index in [9.17, 15) is 33.5 Å². The van der Waals surface area contributed by atoms with Crippen LogP contribution >= 0.6 is 14.5 Å². The van der Waals surface area contributed by atoms with E-state index in [4.69, 9.17) is 73.1 Å². The Morgan fingerprint density at radius 1 is 0.797 bits per heavy atom. The third-order valence-corrected chi connectivity index (χ3v) is 15.3. The van der Waals surface area contributed by atoms with E-state index >= 15 is 4.39 Å². The molecule has 2 aromatic heterocycles. The number of nitrogens with one attached hydrogen (secondary N) is 1. The van der Waals surface area contributed by atoms with Gasteiger partial charge in [0.1, 0.15) is 48.7 Å². The largest absolute Gasteiger partial charge is 0.481 e. The van der Waals surface area contributed by atoms with E-state index in [-0.39, 0.29) is 0 Å². The average molecular weight is 1090 g/mol. The fourth-order valence-electron chi connectivity index (χ4n) is 9.04. The van der Waals surface area contributed by atoms with Crippen LogP contribution in [0.3, 0.4) is 0 Å². The van der Waals surface area contributed by atoms with Crippen molar-refractivity contribution in [3.8, 4) is 0 Å². The van der Waals surface area contributed by atoms with Crippen molar-refractivity contribution in [1.82, 2.24) is 19.7 Å². The minimum absolute atomic E-state index is 0.331. The Morgan fingerprint density at radius 3 is 1.89 bits per heavy atom. The van der Waals surface area contributed by atoms with Gasteiger partial charge in [-0.2, -0.15) is 5.10 Å². The van der Waals surface area contributed by atoms with Crippen LogP contribution in [-0.4, -0.2) is 128 Å². The molecule has 0 aliphatic carbocycles. The number of nitrogens with zero attached hydrogens (tertiary/aromatic N) is 4. The number of phosphoric ester groups is 1. The lowest BCUT2D eigenvalue weighted by molar-refractivity contribution is -0.296. The van der Waals surface area contributed by atoms with Gasteiger partial charge in [0, 0.05) is 27.7 Å². The minimum atomic E-state index is -5.75. The number of ether oxygens (including phenoxy) is 8. The van der Waals surface area contributed by atoms with Gasteiger partial charge in [-0.05, 0) is 42.3 Å². The maximum Gasteiger partial charge on any atom is 0.481 e. The molecule has 8 rings (SSSR count). The highest BCUT2D eigenvalue weighted by Gasteiger charge is 2.59. The molecule has 3 N–H and O–H groups in total. The predicted octanol–water partition coefficient (Wildman–Crippen LogP) is 5.44. The zero-order chi connectivity index (χ0) is 53.2. The first-order chi connectivity index (χ1) is 35.1. The first-order valence-corrected chi connectivity index (χ1v) is 26.9. The molecule has 5 heterocycles. The first kappa shape index (κ1) is 54.6. The van der Waals surface area contributed by atoms with E-state index in [1.165, 1.54) is 11.0 Å². The van der Waals surface area contributed by atoms with Crippen LogP contribution in [0.5, 0.6) is 0 Å². The summed E-state index contributed by atoms with van der Waals surface area (Å²) in [5, 5.41) is 8.96. The average Bonchev–Trinajstić information content (AvgIpc) is 4.01. The number of phosphoric acid groups is 1. The van der Waals surface area contributed by atoms with E-state index in [2.05, 4.69) is 10.3 Å². The lowest BCUT2D eigenvalue weighted by Gasteiger charge is -2.44. The van der Waals surface area contributed by atoms with Gasteiger partial charge in [0.2, 0.25) is 6.29 Å². The molecule has 0 spiro atoms. The zero-order valence-corrected chi connectivity index (χ0v) is 43.0. The van der Waals surface area contributed by atoms with E-state index in [0.29, 0.717) is 16.9 Å². The Labute approximate surface area is 427 Å². The number of hydrogen-bond acceptors (Lipinski definition) is 21. The second kappa shape index (κ2) is 22.3. The molecular formula is C47H52FN5O18P2S. The Morgan fingerprint density at radius 2 is 1.34 bits per heavy atom. The molecular weight excluding hydrogens is 1040 g/mol. The number of rotatable bonds is 19. The van der Waals surface area contributed by atoms with Crippen LogP contribution in [0.15, 0.2) is 104 Å². The van der Waals surface area contributed by atoms with Gasteiger partial charge in [0.15, 0.2) is 42.1 Å². The number of fused-ring (bicyclic) bond motifs is 2. The summed E-state index contributed by atoms with van der Waals surface area (Å²) in [6.07, 6.45) is -13.8. The van der Waals surface area contributed by atoms with Gasteiger partial charge < -0.3 is 57.5 Å². The number of aromatic nitrogens is 4. The summed E-state index contributed by atoms with van der Waals surface area (Å²) < 4.78 is 91.8.